The van der Waals surface area contributed by atoms with E-state index in [1.54, 1.807) is 34.9 Å². The molecule has 2 heterocycles. The molecule has 0 saturated carbocycles. The van der Waals surface area contributed by atoms with Gasteiger partial charge in [-0.05, 0) is 48.5 Å². The molecular formula is C22H15FN4O2S. The molecule has 0 aliphatic rings. The van der Waals surface area contributed by atoms with Gasteiger partial charge in [0.05, 0.1) is 15.9 Å². The maximum absolute atomic E-state index is 13.5. The van der Waals surface area contributed by atoms with Gasteiger partial charge in [0.1, 0.15) is 22.0 Å². The van der Waals surface area contributed by atoms with E-state index in [1.165, 1.54) is 12.1 Å². The molecule has 0 aliphatic heterocycles. The molecule has 0 unspecified atom stereocenters. The minimum atomic E-state index is -4.08. The second kappa shape index (κ2) is 6.64. The highest BCUT2D eigenvalue weighted by Crippen LogP contribution is 2.37. The summed E-state index contributed by atoms with van der Waals surface area (Å²) in [6.45, 7) is 0. The molecule has 6 nitrogen and oxygen atoms in total. The zero-order chi connectivity index (χ0) is 20.9. The Bertz CT molecular complexity index is 1510. The van der Waals surface area contributed by atoms with E-state index < -0.39 is 15.7 Å². The molecule has 0 bridgehead atoms. The lowest BCUT2D eigenvalue weighted by molar-refractivity contribution is 0.595. The van der Waals surface area contributed by atoms with E-state index in [4.69, 9.17) is 5.73 Å². The first-order valence-electron chi connectivity index (χ1n) is 9.09. The van der Waals surface area contributed by atoms with Gasteiger partial charge in [-0.2, -0.15) is 0 Å². The Morgan fingerprint density at radius 1 is 0.800 bits per heavy atom. The molecule has 0 aliphatic carbocycles. The monoisotopic (exact) mass is 418 g/mol. The summed E-state index contributed by atoms with van der Waals surface area (Å²) in [5.41, 5.74) is 8.71. The highest BCUT2D eigenvalue weighted by atomic mass is 32.2. The van der Waals surface area contributed by atoms with Gasteiger partial charge in [0.15, 0.2) is 5.65 Å². The quantitative estimate of drug-likeness (QED) is 0.445. The lowest BCUT2D eigenvalue weighted by Crippen LogP contribution is -2.07. The van der Waals surface area contributed by atoms with E-state index in [2.05, 4.69) is 9.97 Å². The summed E-state index contributed by atoms with van der Waals surface area (Å²) in [6, 6.07) is 20.9. The standard InChI is InChI=1S/C22H15FN4O2S/c23-14-10-12-16(13-11-14)30(28,29)20-19-22(26-18-9-5-4-8-17(18)25-19)27(21(20)24)15-6-2-1-3-7-15/h1-13H,24H2. The zero-order valence-corrected chi connectivity index (χ0v) is 16.3. The number of nitrogens with two attached hydrogens (primary N) is 1. The smallest absolute Gasteiger partial charge is 0.212 e. The van der Waals surface area contributed by atoms with Crippen molar-refractivity contribution in [3.05, 3.63) is 84.7 Å². The Kier molecular flexibility index (Phi) is 4.04. The fraction of sp³-hybridized carbons (Fsp3) is 0. The van der Waals surface area contributed by atoms with Crippen molar-refractivity contribution >= 4 is 37.9 Å². The van der Waals surface area contributed by atoms with Crippen LogP contribution in [0.1, 0.15) is 0 Å². The number of rotatable bonds is 3. The van der Waals surface area contributed by atoms with Crippen LogP contribution in [0.15, 0.2) is 88.7 Å². The average Bonchev–Trinajstić information content (AvgIpc) is 3.04. The number of nitrogens with zero attached hydrogens (tertiary/aromatic N) is 3. The number of hydrogen-bond donors (Lipinski definition) is 1. The maximum atomic E-state index is 13.5. The highest BCUT2D eigenvalue weighted by Gasteiger charge is 2.30. The summed E-state index contributed by atoms with van der Waals surface area (Å²) in [5, 5.41) is 0. The second-order valence-corrected chi connectivity index (χ2v) is 8.61. The van der Waals surface area contributed by atoms with Gasteiger partial charge in [0.2, 0.25) is 9.84 Å². The van der Waals surface area contributed by atoms with E-state index in [1.807, 2.05) is 24.3 Å². The van der Waals surface area contributed by atoms with Crippen LogP contribution in [0.2, 0.25) is 0 Å². The van der Waals surface area contributed by atoms with E-state index in [0.29, 0.717) is 22.4 Å². The molecule has 0 fully saturated rings. The van der Waals surface area contributed by atoms with Gasteiger partial charge in [-0.1, -0.05) is 30.3 Å². The Hall–Kier alpha value is -3.78. The van der Waals surface area contributed by atoms with Crippen molar-refractivity contribution in [2.24, 2.45) is 0 Å². The molecule has 30 heavy (non-hydrogen) atoms. The second-order valence-electron chi connectivity index (χ2n) is 6.73. The van der Waals surface area contributed by atoms with Crippen LogP contribution >= 0.6 is 0 Å². The number of aromatic nitrogens is 3. The van der Waals surface area contributed by atoms with Gasteiger partial charge in [-0.25, -0.2) is 22.8 Å². The fourth-order valence-electron chi connectivity index (χ4n) is 3.47. The summed E-state index contributed by atoms with van der Waals surface area (Å²) in [5.74, 6) is -0.532. The molecule has 0 saturated heterocycles. The first-order chi connectivity index (χ1) is 14.5. The van der Waals surface area contributed by atoms with Crippen molar-refractivity contribution in [2.75, 3.05) is 5.73 Å². The Labute approximate surface area is 171 Å². The predicted octanol–water partition coefficient (Wildman–Crippen LogP) is 4.13. The summed E-state index contributed by atoms with van der Waals surface area (Å²) in [6.07, 6.45) is 0. The van der Waals surface area contributed by atoms with Crippen molar-refractivity contribution in [3.63, 3.8) is 0 Å². The lowest BCUT2D eigenvalue weighted by atomic mass is 10.3. The fourth-order valence-corrected chi connectivity index (χ4v) is 4.96. The molecule has 0 atom stereocenters. The first-order valence-corrected chi connectivity index (χ1v) is 10.6. The highest BCUT2D eigenvalue weighted by molar-refractivity contribution is 7.92. The van der Waals surface area contributed by atoms with Gasteiger partial charge in [0, 0.05) is 5.69 Å². The molecular weight excluding hydrogens is 403 g/mol. The van der Waals surface area contributed by atoms with E-state index >= 15 is 0 Å². The number of hydrogen-bond acceptors (Lipinski definition) is 5. The summed E-state index contributed by atoms with van der Waals surface area (Å²) >= 11 is 0. The largest absolute Gasteiger partial charge is 0.384 e. The van der Waals surface area contributed by atoms with Gasteiger partial charge in [-0.3, -0.25) is 4.57 Å². The zero-order valence-electron chi connectivity index (χ0n) is 15.5. The third kappa shape index (κ3) is 2.73. The number of sulfone groups is 1. The number of para-hydroxylation sites is 3. The molecule has 5 rings (SSSR count). The Morgan fingerprint density at radius 3 is 2.07 bits per heavy atom. The molecule has 0 amide bonds. The molecule has 2 N–H and O–H groups in total. The summed E-state index contributed by atoms with van der Waals surface area (Å²) in [4.78, 5) is 9.01. The lowest BCUT2D eigenvalue weighted by Gasteiger charge is -2.08. The van der Waals surface area contributed by atoms with Crippen LogP contribution in [0, 0.1) is 5.82 Å². The van der Waals surface area contributed by atoms with E-state index in [9.17, 15) is 12.8 Å². The summed E-state index contributed by atoms with van der Waals surface area (Å²) < 4.78 is 41.9. The number of halogens is 1. The Balaban J connectivity index is 1.91. The van der Waals surface area contributed by atoms with Gasteiger partial charge < -0.3 is 5.73 Å². The first kappa shape index (κ1) is 18.3. The Morgan fingerprint density at radius 2 is 1.40 bits per heavy atom. The molecule has 3 aromatic carbocycles. The van der Waals surface area contributed by atoms with Gasteiger partial charge >= 0.3 is 0 Å². The van der Waals surface area contributed by atoms with Crippen molar-refractivity contribution in [1.82, 2.24) is 14.5 Å². The average molecular weight is 418 g/mol. The van der Waals surface area contributed by atoms with Gasteiger partial charge in [-0.15, -0.1) is 0 Å². The van der Waals surface area contributed by atoms with Crippen LogP contribution in [-0.2, 0) is 9.84 Å². The van der Waals surface area contributed by atoms with Crippen molar-refractivity contribution in [2.45, 2.75) is 9.79 Å². The van der Waals surface area contributed by atoms with Crippen LogP contribution < -0.4 is 5.73 Å². The van der Waals surface area contributed by atoms with Gasteiger partial charge in [0.25, 0.3) is 0 Å². The number of anilines is 1. The van der Waals surface area contributed by atoms with E-state index in [-0.39, 0.29) is 21.1 Å². The number of fused-ring (bicyclic) bond motifs is 2. The summed E-state index contributed by atoms with van der Waals surface area (Å²) in [7, 11) is -4.08. The number of benzene rings is 3. The third-order valence-corrected chi connectivity index (χ3v) is 6.69. The minimum Gasteiger partial charge on any atom is -0.384 e. The topological polar surface area (TPSA) is 90.9 Å². The van der Waals surface area contributed by atoms with Crippen LogP contribution in [0.5, 0.6) is 0 Å². The molecule has 2 aromatic heterocycles. The van der Waals surface area contributed by atoms with Crippen LogP contribution in [0.4, 0.5) is 10.2 Å². The van der Waals surface area contributed by atoms with Crippen molar-refractivity contribution < 1.29 is 12.8 Å². The minimum absolute atomic E-state index is 0.00386. The molecule has 148 valence electrons. The number of nitrogen functional groups attached to an aromatic ring is 1. The van der Waals surface area contributed by atoms with Crippen molar-refractivity contribution in [1.29, 1.82) is 0 Å². The SMILES string of the molecule is Nc1c(S(=O)(=O)c2ccc(F)cc2)c2nc3ccccc3nc2n1-c1ccccc1. The molecule has 0 spiro atoms. The van der Waals surface area contributed by atoms with E-state index in [0.717, 1.165) is 12.1 Å². The van der Waals surface area contributed by atoms with Crippen LogP contribution in [-0.4, -0.2) is 23.0 Å². The maximum Gasteiger partial charge on any atom is 0.212 e. The normalized spacial score (nSPS) is 11.9. The molecule has 0 radical (unpaired) electrons. The van der Waals surface area contributed by atoms with Crippen LogP contribution in [0.3, 0.4) is 0 Å². The third-order valence-electron chi connectivity index (χ3n) is 4.86. The molecule has 5 aromatic rings. The molecule has 8 heteroatoms. The van der Waals surface area contributed by atoms with Crippen molar-refractivity contribution in [3.8, 4) is 5.69 Å². The predicted molar refractivity (Wildman–Crippen MR) is 113 cm³/mol. The van der Waals surface area contributed by atoms with Crippen LogP contribution in [0.25, 0.3) is 27.9 Å².